The number of likely N-dealkylation sites (tertiary alicyclic amines) is 1. The van der Waals surface area contributed by atoms with Crippen molar-refractivity contribution >= 4 is 35.0 Å². The Morgan fingerprint density at radius 3 is 2.52 bits per heavy atom. The molecule has 3 amide bonds. The van der Waals surface area contributed by atoms with Gasteiger partial charge in [0.15, 0.2) is 0 Å². The molecule has 4 fully saturated rings. The maximum absolute atomic E-state index is 14.4. The maximum Gasteiger partial charge on any atom is 0.246 e. The fourth-order valence-corrected chi connectivity index (χ4v) is 8.40. The topological polar surface area (TPSA) is 87.7 Å². The van der Waals surface area contributed by atoms with Gasteiger partial charge in [0.05, 0.1) is 17.9 Å². The average molecular weight is 568 g/mol. The first-order valence-corrected chi connectivity index (χ1v) is 15.6. The van der Waals surface area contributed by atoms with Crippen molar-refractivity contribution in [3.63, 3.8) is 0 Å². The highest BCUT2D eigenvalue weighted by molar-refractivity contribution is 6.31. The molecular formula is C32H42ClN3O4. The Hall–Kier alpha value is -2.38. The minimum absolute atomic E-state index is 0.0460. The van der Waals surface area contributed by atoms with Crippen LogP contribution in [0.5, 0.6) is 0 Å². The molecule has 5 aliphatic rings. The molecule has 6 rings (SSSR count). The number of nitrogens with one attached hydrogen (secondary N) is 2. The van der Waals surface area contributed by atoms with E-state index in [-0.39, 0.29) is 35.7 Å². The molecule has 0 aromatic heterocycles. The number of benzene rings is 1. The van der Waals surface area contributed by atoms with E-state index in [0.29, 0.717) is 22.5 Å². The summed E-state index contributed by atoms with van der Waals surface area (Å²) in [6.45, 7) is 8.56. The van der Waals surface area contributed by atoms with Crippen molar-refractivity contribution in [1.82, 2.24) is 10.2 Å². The summed E-state index contributed by atoms with van der Waals surface area (Å²) < 4.78 is 6.57. The van der Waals surface area contributed by atoms with Gasteiger partial charge in [-0.2, -0.15) is 0 Å². The zero-order valence-electron chi connectivity index (χ0n) is 24.0. The molecule has 2 saturated heterocycles. The highest BCUT2D eigenvalue weighted by Gasteiger charge is 2.73. The van der Waals surface area contributed by atoms with Crippen molar-refractivity contribution < 1.29 is 19.1 Å². The zero-order valence-corrected chi connectivity index (χ0v) is 24.7. The first-order chi connectivity index (χ1) is 19.1. The molecule has 0 radical (unpaired) electrons. The van der Waals surface area contributed by atoms with Crippen molar-refractivity contribution in [2.75, 3.05) is 5.32 Å². The van der Waals surface area contributed by atoms with Gasteiger partial charge >= 0.3 is 0 Å². The largest absolute Gasteiger partial charge is 0.359 e. The number of anilines is 1. The van der Waals surface area contributed by atoms with Gasteiger partial charge in [0, 0.05) is 22.8 Å². The standard InChI is InChI=1S/C32H42ClN3O4/c1-17-9-7-10-23(20(17)4)35-30(38)28-32-15-14-25(40-32)26(29(37)34-21-13-12-18(2)22(33)16-21)27(32)31(39)36(28)24-11-6-5-8-19(24)3/h12-17,19-20,23-28H,5-11H2,1-4H3,(H,34,37)(H,35,38). The summed E-state index contributed by atoms with van der Waals surface area (Å²) in [5.74, 6) is -0.828. The fourth-order valence-electron chi connectivity index (χ4n) is 8.22. The number of hydrogen-bond acceptors (Lipinski definition) is 4. The molecule has 2 aliphatic carbocycles. The van der Waals surface area contributed by atoms with Gasteiger partial charge in [-0.15, -0.1) is 0 Å². The molecule has 1 spiro atoms. The number of aryl methyl sites for hydroxylation is 1. The van der Waals surface area contributed by atoms with Crippen LogP contribution in [0.25, 0.3) is 0 Å². The molecule has 8 heteroatoms. The number of fused-ring (bicyclic) bond motifs is 1. The summed E-state index contributed by atoms with van der Waals surface area (Å²) in [5.41, 5.74) is 0.363. The van der Waals surface area contributed by atoms with Crippen molar-refractivity contribution in [1.29, 1.82) is 0 Å². The molecule has 3 aliphatic heterocycles. The van der Waals surface area contributed by atoms with Crippen molar-refractivity contribution in [3.8, 4) is 0 Å². The molecule has 1 aromatic rings. The van der Waals surface area contributed by atoms with Gasteiger partial charge in [-0.1, -0.05) is 76.3 Å². The number of carbonyl (C=O) groups excluding carboxylic acids is 3. The van der Waals surface area contributed by atoms with Crippen molar-refractivity contribution in [2.45, 2.75) is 102 Å². The van der Waals surface area contributed by atoms with Crippen LogP contribution in [0.15, 0.2) is 30.4 Å². The maximum atomic E-state index is 14.4. The van der Waals surface area contributed by atoms with Crippen molar-refractivity contribution in [3.05, 3.63) is 40.9 Å². The van der Waals surface area contributed by atoms with Crippen LogP contribution in [0, 0.1) is 36.5 Å². The van der Waals surface area contributed by atoms with E-state index in [1.807, 2.05) is 36.1 Å². The normalized spacial score (nSPS) is 40.3. The highest BCUT2D eigenvalue weighted by Crippen LogP contribution is 2.56. The van der Waals surface area contributed by atoms with Crippen LogP contribution >= 0.6 is 11.6 Å². The SMILES string of the molecule is Cc1ccc(NC(=O)C2C3C=CC4(O3)C2C(=O)N(C2CCCCC2C)C4C(=O)NC2CCCC(C)C2C)cc1Cl. The Bertz CT molecular complexity index is 1230. The van der Waals surface area contributed by atoms with E-state index in [4.69, 9.17) is 16.3 Å². The molecule has 3 heterocycles. The summed E-state index contributed by atoms with van der Waals surface area (Å²) in [5, 5.41) is 6.92. The lowest BCUT2D eigenvalue weighted by molar-refractivity contribution is -0.146. The summed E-state index contributed by atoms with van der Waals surface area (Å²) >= 11 is 6.31. The Balaban J connectivity index is 1.33. The number of amides is 3. The predicted octanol–water partition coefficient (Wildman–Crippen LogP) is 5.26. The third kappa shape index (κ3) is 4.39. The Morgan fingerprint density at radius 2 is 1.77 bits per heavy atom. The Kier molecular flexibility index (Phi) is 7.27. The number of carbonyl (C=O) groups is 3. The van der Waals surface area contributed by atoms with Gasteiger partial charge in [-0.25, -0.2) is 0 Å². The van der Waals surface area contributed by atoms with Crippen LogP contribution in [-0.2, 0) is 19.1 Å². The quantitative estimate of drug-likeness (QED) is 0.475. The van der Waals surface area contributed by atoms with E-state index < -0.39 is 29.6 Å². The molecule has 2 bridgehead atoms. The second-order valence-electron chi connectivity index (χ2n) is 13.1. The summed E-state index contributed by atoms with van der Waals surface area (Å²) in [6.07, 6.45) is 10.5. The van der Waals surface area contributed by atoms with Gasteiger partial charge in [0.1, 0.15) is 11.6 Å². The van der Waals surface area contributed by atoms with E-state index in [9.17, 15) is 14.4 Å². The van der Waals surface area contributed by atoms with Gasteiger partial charge in [0.25, 0.3) is 0 Å². The molecule has 40 heavy (non-hydrogen) atoms. The lowest BCUT2D eigenvalue weighted by Gasteiger charge is -2.42. The first-order valence-electron chi connectivity index (χ1n) is 15.2. The van der Waals surface area contributed by atoms with Crippen molar-refractivity contribution in [2.24, 2.45) is 29.6 Å². The molecular weight excluding hydrogens is 526 g/mol. The third-order valence-corrected chi connectivity index (χ3v) is 11.2. The lowest BCUT2D eigenvalue weighted by atomic mass is 9.73. The minimum atomic E-state index is -1.14. The van der Waals surface area contributed by atoms with Gasteiger partial charge in [-0.3, -0.25) is 14.4 Å². The Morgan fingerprint density at radius 1 is 1.02 bits per heavy atom. The number of hydrogen-bond donors (Lipinski definition) is 2. The second kappa shape index (κ2) is 10.5. The number of ether oxygens (including phenoxy) is 1. The summed E-state index contributed by atoms with van der Waals surface area (Å²) in [4.78, 5) is 44.3. The molecule has 7 nitrogen and oxygen atoms in total. The Labute approximate surface area is 242 Å². The molecule has 10 atom stereocenters. The molecule has 10 unspecified atom stereocenters. The van der Waals surface area contributed by atoms with E-state index >= 15 is 0 Å². The molecule has 1 aromatic carbocycles. The number of rotatable bonds is 5. The zero-order chi connectivity index (χ0) is 28.3. The highest BCUT2D eigenvalue weighted by atomic mass is 35.5. The number of halogens is 1. The van der Waals surface area contributed by atoms with Crippen LogP contribution < -0.4 is 10.6 Å². The van der Waals surface area contributed by atoms with Gasteiger partial charge < -0.3 is 20.3 Å². The predicted molar refractivity (Wildman–Crippen MR) is 155 cm³/mol. The van der Waals surface area contributed by atoms with Crippen LogP contribution in [0.1, 0.15) is 71.3 Å². The van der Waals surface area contributed by atoms with Gasteiger partial charge in [-0.05, 0) is 61.6 Å². The summed E-state index contributed by atoms with van der Waals surface area (Å²) in [7, 11) is 0. The monoisotopic (exact) mass is 567 g/mol. The average Bonchev–Trinajstić information content (AvgIpc) is 3.56. The van der Waals surface area contributed by atoms with Crippen LogP contribution in [0.4, 0.5) is 5.69 Å². The van der Waals surface area contributed by atoms with E-state index in [0.717, 1.165) is 44.1 Å². The van der Waals surface area contributed by atoms with E-state index in [1.165, 1.54) is 6.42 Å². The number of nitrogens with zero attached hydrogens (tertiary/aromatic N) is 1. The molecule has 216 valence electrons. The second-order valence-corrected chi connectivity index (χ2v) is 13.5. The van der Waals surface area contributed by atoms with E-state index in [1.54, 1.807) is 6.07 Å². The van der Waals surface area contributed by atoms with Crippen LogP contribution in [-0.4, -0.2) is 52.5 Å². The lowest BCUT2D eigenvalue weighted by Crippen LogP contribution is -2.60. The van der Waals surface area contributed by atoms with Crippen LogP contribution in [0.2, 0.25) is 5.02 Å². The van der Waals surface area contributed by atoms with Gasteiger partial charge in [0.2, 0.25) is 17.7 Å². The molecule has 2 N–H and O–H groups in total. The molecule has 2 saturated carbocycles. The smallest absolute Gasteiger partial charge is 0.246 e. The minimum Gasteiger partial charge on any atom is -0.359 e. The van der Waals surface area contributed by atoms with Crippen LogP contribution in [0.3, 0.4) is 0 Å². The fraction of sp³-hybridized carbons (Fsp3) is 0.656. The van der Waals surface area contributed by atoms with E-state index in [2.05, 4.69) is 31.4 Å². The third-order valence-electron chi connectivity index (χ3n) is 10.8. The first kappa shape index (κ1) is 27.8. The summed E-state index contributed by atoms with van der Waals surface area (Å²) in [6, 6.07) is 4.64.